The first kappa shape index (κ1) is 19.3. The van der Waals surface area contributed by atoms with Crippen molar-refractivity contribution in [2.45, 2.75) is 57.5 Å². The maximum Gasteiger partial charge on any atom is 0.420 e. The summed E-state index contributed by atoms with van der Waals surface area (Å²) in [4.78, 5) is 16.4. The van der Waals surface area contributed by atoms with Crippen LogP contribution in [0.4, 0.5) is 0 Å². The molecule has 0 aliphatic carbocycles. The molecule has 10 heteroatoms. The predicted octanol–water partition coefficient (Wildman–Crippen LogP) is 2.06. The summed E-state index contributed by atoms with van der Waals surface area (Å²) in [6.07, 6.45) is 1.22. The van der Waals surface area contributed by atoms with Crippen molar-refractivity contribution in [3.05, 3.63) is 40.5 Å². The lowest BCUT2D eigenvalue weighted by atomic mass is 10.0. The van der Waals surface area contributed by atoms with Crippen molar-refractivity contribution in [1.29, 1.82) is 0 Å². The maximum atomic E-state index is 12.6. The number of nitrogens with one attached hydrogen (secondary N) is 1. The van der Waals surface area contributed by atoms with Gasteiger partial charge in [-0.25, -0.2) is 17.9 Å². The highest BCUT2D eigenvalue weighted by Crippen LogP contribution is 2.21. The summed E-state index contributed by atoms with van der Waals surface area (Å²) in [5, 5.41) is 3.82. The average molecular weight is 394 g/mol. The summed E-state index contributed by atoms with van der Waals surface area (Å²) in [7, 11) is -3.75. The summed E-state index contributed by atoms with van der Waals surface area (Å²) in [6, 6.07) is 4.32. The second-order valence-corrected chi connectivity index (χ2v) is 8.57. The molecule has 0 aliphatic rings. The number of nitrogens with zero attached hydrogens (tertiary/aromatic N) is 3. The summed E-state index contributed by atoms with van der Waals surface area (Å²) in [5.74, 6) is 0.202. The molecule has 0 atom stereocenters. The molecule has 146 valence electrons. The number of sulfonamides is 1. The van der Waals surface area contributed by atoms with Crippen LogP contribution >= 0.6 is 0 Å². The summed E-state index contributed by atoms with van der Waals surface area (Å²) < 4.78 is 39.4. The monoisotopic (exact) mass is 394 g/mol. The van der Waals surface area contributed by atoms with E-state index in [1.165, 1.54) is 22.8 Å². The highest BCUT2D eigenvalue weighted by atomic mass is 32.2. The first-order valence-corrected chi connectivity index (χ1v) is 10.1. The molecular formula is C17H22N4O5S. The molecule has 0 saturated heterocycles. The van der Waals surface area contributed by atoms with Gasteiger partial charge in [0.1, 0.15) is 0 Å². The molecule has 2 aromatic heterocycles. The highest BCUT2D eigenvalue weighted by Gasteiger charge is 2.25. The van der Waals surface area contributed by atoms with E-state index < -0.39 is 21.3 Å². The van der Waals surface area contributed by atoms with Gasteiger partial charge in [-0.15, -0.1) is 0 Å². The zero-order chi connectivity index (χ0) is 19.8. The van der Waals surface area contributed by atoms with Crippen LogP contribution in [-0.2, 0) is 23.0 Å². The van der Waals surface area contributed by atoms with Crippen molar-refractivity contribution >= 4 is 21.1 Å². The largest absolute Gasteiger partial charge is 0.420 e. The number of hydrogen-bond donors (Lipinski definition) is 1. The molecule has 0 radical (unpaired) electrons. The first-order valence-electron chi connectivity index (χ1n) is 8.64. The van der Waals surface area contributed by atoms with Crippen LogP contribution < -0.4 is 10.5 Å². The Kier molecular flexibility index (Phi) is 4.96. The average Bonchev–Trinajstić information content (AvgIpc) is 3.18. The van der Waals surface area contributed by atoms with Gasteiger partial charge in [-0.3, -0.25) is 4.57 Å². The summed E-state index contributed by atoms with van der Waals surface area (Å²) in [6.45, 7) is 7.45. The second kappa shape index (κ2) is 6.93. The number of rotatable bonds is 7. The van der Waals surface area contributed by atoms with Gasteiger partial charge in [-0.1, -0.05) is 19.0 Å². The van der Waals surface area contributed by atoms with Crippen LogP contribution in [0.15, 0.2) is 36.8 Å². The predicted molar refractivity (Wildman–Crippen MR) is 97.9 cm³/mol. The Balaban J connectivity index is 1.97. The van der Waals surface area contributed by atoms with Crippen LogP contribution in [0.3, 0.4) is 0 Å². The fraction of sp³-hybridized carbons (Fsp3) is 0.471. The van der Waals surface area contributed by atoms with Crippen LogP contribution in [0.1, 0.15) is 45.8 Å². The zero-order valence-electron chi connectivity index (χ0n) is 15.6. The van der Waals surface area contributed by atoms with Gasteiger partial charge in [-0.05, 0) is 32.4 Å². The summed E-state index contributed by atoms with van der Waals surface area (Å²) >= 11 is 0. The number of aromatic nitrogens is 3. The van der Waals surface area contributed by atoms with Gasteiger partial charge in [-0.2, -0.15) is 4.98 Å². The number of benzene rings is 1. The van der Waals surface area contributed by atoms with Crippen molar-refractivity contribution < 1.29 is 17.4 Å². The lowest BCUT2D eigenvalue weighted by molar-refractivity contribution is 0.375. The molecule has 3 rings (SSSR count). The third-order valence-electron chi connectivity index (χ3n) is 4.36. The molecule has 0 spiro atoms. The van der Waals surface area contributed by atoms with Gasteiger partial charge in [0, 0.05) is 18.0 Å². The van der Waals surface area contributed by atoms with E-state index in [0.29, 0.717) is 30.1 Å². The van der Waals surface area contributed by atoms with Gasteiger partial charge in [0.15, 0.2) is 11.4 Å². The third-order valence-corrected chi connectivity index (χ3v) is 6.05. The summed E-state index contributed by atoms with van der Waals surface area (Å²) in [5.41, 5.74) is 0.0452. The normalized spacial score (nSPS) is 12.7. The van der Waals surface area contributed by atoms with E-state index in [9.17, 15) is 13.2 Å². The van der Waals surface area contributed by atoms with Crippen LogP contribution in [-0.4, -0.2) is 28.7 Å². The Labute approximate surface area is 156 Å². The molecule has 2 heterocycles. The molecule has 27 heavy (non-hydrogen) atoms. The third kappa shape index (κ3) is 3.96. The molecule has 0 unspecified atom stereocenters. The Hall–Kier alpha value is -2.46. The molecule has 3 aromatic rings. The fourth-order valence-electron chi connectivity index (χ4n) is 2.50. The smallest absolute Gasteiger partial charge is 0.408 e. The van der Waals surface area contributed by atoms with E-state index in [0.717, 1.165) is 0 Å². The lowest BCUT2D eigenvalue weighted by Crippen LogP contribution is -2.42. The molecule has 0 fully saturated rings. The Morgan fingerprint density at radius 3 is 2.63 bits per heavy atom. The van der Waals surface area contributed by atoms with Crippen LogP contribution in [0.25, 0.3) is 11.1 Å². The SMILES string of the molecule is CCc1nc(Cn2c(=O)oc3cc(S(=O)(=O)NC(C)(C)CC)ccc32)no1. The lowest BCUT2D eigenvalue weighted by Gasteiger charge is -2.24. The molecule has 0 amide bonds. The van der Waals surface area contributed by atoms with Gasteiger partial charge in [0.25, 0.3) is 0 Å². The molecule has 9 nitrogen and oxygen atoms in total. The van der Waals surface area contributed by atoms with Gasteiger partial charge in [0.05, 0.1) is 17.0 Å². The van der Waals surface area contributed by atoms with E-state index in [4.69, 9.17) is 8.94 Å². The van der Waals surface area contributed by atoms with Gasteiger partial charge >= 0.3 is 5.76 Å². The zero-order valence-corrected chi connectivity index (χ0v) is 16.5. The topological polar surface area (TPSA) is 120 Å². The minimum absolute atomic E-state index is 0.0326. The standard InChI is InChI=1S/C17H22N4O5S/c1-5-15-18-14(19-26-15)10-21-12-8-7-11(9-13(12)25-16(21)22)27(23,24)20-17(3,4)6-2/h7-9,20H,5-6,10H2,1-4H3. The first-order chi connectivity index (χ1) is 12.6. The van der Waals surface area contributed by atoms with Gasteiger partial charge < -0.3 is 8.94 Å². The van der Waals surface area contributed by atoms with Crippen molar-refractivity contribution in [1.82, 2.24) is 19.4 Å². The number of fused-ring (bicyclic) bond motifs is 1. The molecule has 1 aromatic carbocycles. The molecule has 0 aliphatic heterocycles. The highest BCUT2D eigenvalue weighted by molar-refractivity contribution is 7.89. The van der Waals surface area contributed by atoms with E-state index >= 15 is 0 Å². The number of oxazole rings is 1. The van der Waals surface area contributed by atoms with Gasteiger partial charge in [0.2, 0.25) is 15.9 Å². The van der Waals surface area contributed by atoms with Crippen LogP contribution in [0.5, 0.6) is 0 Å². The van der Waals surface area contributed by atoms with Crippen molar-refractivity contribution in [3.63, 3.8) is 0 Å². The van der Waals surface area contributed by atoms with Crippen molar-refractivity contribution in [3.8, 4) is 0 Å². The Bertz CT molecular complexity index is 1120. The Morgan fingerprint density at radius 1 is 1.26 bits per heavy atom. The minimum Gasteiger partial charge on any atom is -0.408 e. The van der Waals surface area contributed by atoms with E-state index in [-0.39, 0.29) is 17.0 Å². The number of hydrogen-bond acceptors (Lipinski definition) is 7. The van der Waals surface area contributed by atoms with E-state index in [1.54, 1.807) is 13.8 Å². The second-order valence-electron chi connectivity index (χ2n) is 6.88. The van der Waals surface area contributed by atoms with Crippen molar-refractivity contribution in [2.75, 3.05) is 0 Å². The fourth-order valence-corrected chi connectivity index (χ4v) is 4.00. The van der Waals surface area contributed by atoms with E-state index in [1.807, 2.05) is 13.8 Å². The maximum absolute atomic E-state index is 12.6. The van der Waals surface area contributed by atoms with E-state index in [2.05, 4.69) is 14.9 Å². The van der Waals surface area contributed by atoms with Crippen LogP contribution in [0, 0.1) is 0 Å². The molecule has 1 N–H and O–H groups in total. The van der Waals surface area contributed by atoms with Crippen LogP contribution in [0.2, 0.25) is 0 Å². The molecular weight excluding hydrogens is 372 g/mol. The quantitative estimate of drug-likeness (QED) is 0.651. The number of aryl methyl sites for hydroxylation is 1. The minimum atomic E-state index is -3.75. The molecule has 0 bridgehead atoms. The van der Waals surface area contributed by atoms with Crippen molar-refractivity contribution in [2.24, 2.45) is 0 Å². The molecule has 0 saturated carbocycles. The Morgan fingerprint density at radius 2 is 2.00 bits per heavy atom.